The van der Waals surface area contributed by atoms with Crippen LogP contribution in [0.2, 0.25) is 0 Å². The third-order valence-electron chi connectivity index (χ3n) is 6.72. The van der Waals surface area contributed by atoms with E-state index in [1.165, 1.54) is 0 Å². The Kier molecular flexibility index (Phi) is 4.50. The molecule has 0 radical (unpaired) electrons. The van der Waals surface area contributed by atoms with Gasteiger partial charge in [-0.25, -0.2) is 4.98 Å². The van der Waals surface area contributed by atoms with Crippen molar-refractivity contribution in [2.75, 3.05) is 6.54 Å². The topological polar surface area (TPSA) is 90.5 Å². The third-order valence-corrected chi connectivity index (χ3v) is 6.72. The van der Waals surface area contributed by atoms with E-state index in [1.807, 2.05) is 62.5 Å². The van der Waals surface area contributed by atoms with E-state index in [9.17, 15) is 9.59 Å². The molecule has 3 aromatic rings. The number of carbonyl (C=O) groups is 2. The number of primary amides is 1. The van der Waals surface area contributed by atoms with Gasteiger partial charge in [0.05, 0.1) is 11.0 Å². The summed E-state index contributed by atoms with van der Waals surface area (Å²) < 4.78 is 8.40. The molecule has 0 unspecified atom stereocenters. The lowest BCUT2D eigenvalue weighted by Crippen LogP contribution is -2.64. The summed E-state index contributed by atoms with van der Waals surface area (Å²) in [6.45, 7) is 2.40. The van der Waals surface area contributed by atoms with Crippen LogP contribution in [0.15, 0.2) is 48.5 Å². The van der Waals surface area contributed by atoms with E-state index in [4.69, 9.17) is 15.5 Å². The van der Waals surface area contributed by atoms with Crippen molar-refractivity contribution >= 4 is 22.8 Å². The Bertz CT molecular complexity index is 1190. The number of likely N-dealkylation sites (tertiary alicyclic amines) is 1. The fourth-order valence-electron chi connectivity index (χ4n) is 5.19. The number of nitrogens with two attached hydrogens (primary N) is 1. The van der Waals surface area contributed by atoms with Gasteiger partial charge in [-0.1, -0.05) is 30.3 Å². The number of piperidine rings is 1. The van der Waals surface area contributed by atoms with Crippen LogP contribution >= 0.6 is 0 Å². The molecule has 7 nitrogen and oxygen atoms in total. The van der Waals surface area contributed by atoms with Gasteiger partial charge in [0.15, 0.2) is 5.72 Å². The van der Waals surface area contributed by atoms with E-state index in [1.54, 1.807) is 4.90 Å². The van der Waals surface area contributed by atoms with Gasteiger partial charge in [-0.15, -0.1) is 0 Å². The van der Waals surface area contributed by atoms with Crippen molar-refractivity contribution in [2.45, 2.75) is 37.8 Å². The zero-order valence-electron chi connectivity index (χ0n) is 17.7. The number of benzene rings is 2. The molecule has 3 heterocycles. The van der Waals surface area contributed by atoms with Crippen molar-refractivity contribution < 1.29 is 14.3 Å². The number of amides is 2. The van der Waals surface area contributed by atoms with E-state index >= 15 is 0 Å². The van der Waals surface area contributed by atoms with Crippen LogP contribution < -0.4 is 10.5 Å². The monoisotopic (exact) mass is 418 g/mol. The molecule has 5 rings (SSSR count). The van der Waals surface area contributed by atoms with Crippen molar-refractivity contribution in [1.82, 2.24) is 14.5 Å². The normalized spacial score (nSPS) is 24.7. The quantitative estimate of drug-likeness (QED) is 0.645. The fraction of sp³-hybridized carbons (Fsp3) is 0.375. The number of hydrogen-bond donors (Lipinski definition) is 1. The first-order valence-corrected chi connectivity index (χ1v) is 10.7. The number of aromatic nitrogens is 2. The number of ether oxygens (including phenoxy) is 1. The Balaban J connectivity index is 1.40. The number of imidazole rings is 1. The van der Waals surface area contributed by atoms with Gasteiger partial charge in [-0.05, 0) is 37.1 Å². The highest BCUT2D eigenvalue weighted by atomic mass is 16.5. The molecule has 0 spiro atoms. The summed E-state index contributed by atoms with van der Waals surface area (Å²) in [5.41, 5.74) is 7.83. The Hall–Kier alpha value is -3.35. The largest absolute Gasteiger partial charge is 0.468 e. The highest BCUT2D eigenvalue weighted by Gasteiger charge is 2.55. The molecule has 1 saturated heterocycles. The first-order valence-electron chi connectivity index (χ1n) is 10.7. The molecule has 0 saturated carbocycles. The molecule has 2 bridgehead atoms. The first-order chi connectivity index (χ1) is 14.9. The molecule has 3 atom stereocenters. The highest BCUT2D eigenvalue weighted by Crippen LogP contribution is 2.50. The highest BCUT2D eigenvalue weighted by molar-refractivity contribution is 6.01. The summed E-state index contributed by atoms with van der Waals surface area (Å²) in [6.07, 6.45) is 1.97. The number of hydrogen-bond acceptors (Lipinski definition) is 4. The van der Waals surface area contributed by atoms with Crippen LogP contribution in [0.4, 0.5) is 0 Å². The van der Waals surface area contributed by atoms with E-state index in [0.717, 1.165) is 28.2 Å². The Morgan fingerprint density at radius 3 is 2.74 bits per heavy atom. The van der Waals surface area contributed by atoms with Crippen LogP contribution in [0.5, 0.6) is 5.75 Å². The lowest BCUT2D eigenvalue weighted by Gasteiger charge is -2.52. The number of aryl methyl sites for hydroxylation is 2. The summed E-state index contributed by atoms with van der Waals surface area (Å²) in [7, 11) is 2.01. The van der Waals surface area contributed by atoms with E-state index < -0.39 is 17.6 Å². The third kappa shape index (κ3) is 3.07. The molecule has 160 valence electrons. The molecule has 0 aliphatic carbocycles. The first kappa shape index (κ1) is 19.6. The second kappa shape index (κ2) is 7.11. The van der Waals surface area contributed by atoms with Gasteiger partial charge >= 0.3 is 0 Å². The molecule has 31 heavy (non-hydrogen) atoms. The fourth-order valence-corrected chi connectivity index (χ4v) is 5.19. The predicted molar refractivity (Wildman–Crippen MR) is 116 cm³/mol. The van der Waals surface area contributed by atoms with Crippen molar-refractivity contribution in [1.29, 1.82) is 0 Å². The minimum absolute atomic E-state index is 0.245. The maximum Gasteiger partial charge on any atom is 0.238 e. The average molecular weight is 418 g/mol. The van der Waals surface area contributed by atoms with Crippen LogP contribution in [0.25, 0.3) is 11.0 Å². The van der Waals surface area contributed by atoms with Crippen LogP contribution in [0.1, 0.15) is 37.1 Å². The van der Waals surface area contributed by atoms with Crippen LogP contribution in [-0.2, 0) is 23.1 Å². The number of para-hydroxylation sites is 3. The van der Waals surface area contributed by atoms with Gasteiger partial charge in [-0.3, -0.25) is 9.59 Å². The molecular weight excluding hydrogens is 392 g/mol. The lowest BCUT2D eigenvalue weighted by molar-refractivity contribution is -0.175. The summed E-state index contributed by atoms with van der Waals surface area (Å²) in [6, 6.07) is 15.6. The molecule has 2 N–H and O–H groups in total. The number of rotatable bonds is 5. The van der Waals surface area contributed by atoms with Gasteiger partial charge in [0.2, 0.25) is 11.8 Å². The minimum atomic E-state index is -0.867. The number of carbonyl (C=O) groups excluding carboxylic acids is 2. The maximum atomic E-state index is 13.4. The van der Waals surface area contributed by atoms with Crippen molar-refractivity contribution in [3.05, 3.63) is 59.9 Å². The van der Waals surface area contributed by atoms with Gasteiger partial charge < -0.3 is 19.9 Å². The zero-order chi connectivity index (χ0) is 21.8. The Labute approximate surface area is 180 Å². The number of nitrogens with zero attached hydrogens (tertiary/aromatic N) is 3. The molecule has 1 aromatic heterocycles. The molecular formula is C24H26N4O3. The molecule has 2 aliphatic heterocycles. The van der Waals surface area contributed by atoms with Gasteiger partial charge in [-0.2, -0.15) is 0 Å². The predicted octanol–water partition coefficient (Wildman–Crippen LogP) is 2.73. The second-order valence-corrected chi connectivity index (χ2v) is 8.67. The van der Waals surface area contributed by atoms with E-state index in [0.29, 0.717) is 25.8 Å². The standard InChI is InChI=1S/C24H26N4O3/c1-24-14-16(15-8-3-6-11-19(15)31-24)21(22(25)29)23(30)28(24)13-7-12-20-26-17-9-4-5-10-18(17)27(20)2/h3-6,8-11,16,21H,7,12-14H2,1-2H3,(H2,25,29)/t16-,21+,24+/m0/s1. The van der Waals surface area contributed by atoms with Gasteiger partial charge in [0.25, 0.3) is 0 Å². The van der Waals surface area contributed by atoms with E-state index in [2.05, 4.69) is 4.57 Å². The molecule has 1 fully saturated rings. The Morgan fingerprint density at radius 2 is 1.97 bits per heavy atom. The zero-order valence-corrected chi connectivity index (χ0v) is 17.7. The summed E-state index contributed by atoms with van der Waals surface area (Å²) in [4.78, 5) is 32.1. The van der Waals surface area contributed by atoms with Gasteiger partial charge in [0, 0.05) is 32.4 Å². The molecule has 2 amide bonds. The van der Waals surface area contributed by atoms with E-state index in [-0.39, 0.29) is 11.8 Å². The molecule has 2 aliphatic rings. The Morgan fingerprint density at radius 1 is 1.23 bits per heavy atom. The van der Waals surface area contributed by atoms with Crippen LogP contribution in [-0.4, -0.2) is 38.5 Å². The van der Waals surface area contributed by atoms with Crippen molar-refractivity contribution in [3.8, 4) is 5.75 Å². The van der Waals surface area contributed by atoms with Crippen molar-refractivity contribution in [2.24, 2.45) is 18.7 Å². The smallest absolute Gasteiger partial charge is 0.238 e. The summed E-state index contributed by atoms with van der Waals surface area (Å²) in [5, 5.41) is 0. The maximum absolute atomic E-state index is 13.4. The van der Waals surface area contributed by atoms with Crippen LogP contribution in [0, 0.1) is 5.92 Å². The summed E-state index contributed by atoms with van der Waals surface area (Å²) >= 11 is 0. The van der Waals surface area contributed by atoms with Gasteiger partial charge in [0.1, 0.15) is 17.5 Å². The average Bonchev–Trinajstić information content (AvgIpc) is 3.06. The lowest BCUT2D eigenvalue weighted by atomic mass is 9.73. The molecule has 2 aromatic carbocycles. The van der Waals surface area contributed by atoms with Crippen molar-refractivity contribution in [3.63, 3.8) is 0 Å². The molecule has 7 heteroatoms. The SMILES string of the molecule is Cn1c(CCCN2C(=O)[C@@H](C(N)=O)[C@H]3C[C@@]2(C)Oc2ccccc23)nc2ccccc21. The van der Waals surface area contributed by atoms with Crippen LogP contribution in [0.3, 0.4) is 0 Å². The summed E-state index contributed by atoms with van der Waals surface area (Å²) in [5.74, 6) is -0.250. The second-order valence-electron chi connectivity index (χ2n) is 8.67. The minimum Gasteiger partial charge on any atom is -0.468 e. The number of fused-ring (bicyclic) bond motifs is 5.